The van der Waals surface area contributed by atoms with Gasteiger partial charge in [-0.2, -0.15) is 11.3 Å². The number of hydrogen-bond acceptors (Lipinski definition) is 4. The molecule has 0 aliphatic rings. The molecule has 1 aromatic carbocycles. The molecule has 2 aromatic rings. The third-order valence-electron chi connectivity index (χ3n) is 3.88. The summed E-state index contributed by atoms with van der Waals surface area (Å²) in [5, 5.41) is 4.06. The van der Waals surface area contributed by atoms with Crippen molar-refractivity contribution in [1.29, 1.82) is 0 Å². The van der Waals surface area contributed by atoms with Crippen molar-refractivity contribution in [2.45, 2.75) is 30.7 Å². The van der Waals surface area contributed by atoms with Crippen molar-refractivity contribution < 1.29 is 8.42 Å². The number of thiophene rings is 1. The van der Waals surface area contributed by atoms with Crippen molar-refractivity contribution in [3.8, 4) is 0 Å². The fourth-order valence-electron chi connectivity index (χ4n) is 2.37. The molecule has 0 saturated heterocycles. The summed E-state index contributed by atoms with van der Waals surface area (Å²) in [6.07, 6.45) is 0. The Balaban J connectivity index is 2.11. The van der Waals surface area contributed by atoms with Gasteiger partial charge in [0, 0.05) is 12.6 Å². The Hall–Kier alpha value is -1.21. The topological polar surface area (TPSA) is 49.4 Å². The monoisotopic (exact) mass is 352 g/mol. The summed E-state index contributed by atoms with van der Waals surface area (Å²) in [5.74, 6) is 0.386. The maximum Gasteiger partial charge on any atom is 0.240 e. The van der Waals surface area contributed by atoms with Crippen LogP contribution in [0.2, 0.25) is 0 Å². The van der Waals surface area contributed by atoms with Crippen LogP contribution >= 0.6 is 11.3 Å². The number of nitrogens with one attached hydrogen (secondary N) is 1. The van der Waals surface area contributed by atoms with E-state index in [0.717, 1.165) is 11.1 Å². The SMILES string of the molecule is CC(C)c1ccc(S(=O)(=O)NC[C@H](c2ccsc2)N(C)C)cc1. The van der Waals surface area contributed by atoms with Gasteiger partial charge in [-0.3, -0.25) is 0 Å². The van der Waals surface area contributed by atoms with E-state index in [0.29, 0.717) is 17.4 Å². The Labute approximate surface area is 143 Å². The lowest BCUT2D eigenvalue weighted by atomic mass is 10.0. The Kier molecular flexibility index (Phi) is 5.97. The van der Waals surface area contributed by atoms with Crippen LogP contribution < -0.4 is 4.72 Å². The highest BCUT2D eigenvalue weighted by Crippen LogP contribution is 2.21. The molecular weight excluding hydrogens is 328 g/mol. The number of nitrogens with zero attached hydrogens (tertiary/aromatic N) is 1. The number of benzene rings is 1. The van der Waals surface area contributed by atoms with E-state index in [9.17, 15) is 8.42 Å². The second-order valence-corrected chi connectivity index (χ2v) is 8.66. The van der Waals surface area contributed by atoms with E-state index >= 15 is 0 Å². The number of sulfonamides is 1. The zero-order valence-electron chi connectivity index (χ0n) is 14.0. The minimum absolute atomic E-state index is 0.0194. The van der Waals surface area contributed by atoms with Crippen LogP contribution in [-0.2, 0) is 10.0 Å². The van der Waals surface area contributed by atoms with Gasteiger partial charge in [-0.05, 0) is 60.1 Å². The predicted molar refractivity (Wildman–Crippen MR) is 96.5 cm³/mol. The molecule has 1 heterocycles. The van der Waals surface area contributed by atoms with Crippen molar-refractivity contribution in [2.75, 3.05) is 20.6 Å². The summed E-state index contributed by atoms with van der Waals surface area (Å²) in [6.45, 7) is 4.52. The molecule has 2 rings (SSSR count). The summed E-state index contributed by atoms with van der Waals surface area (Å²) in [5.41, 5.74) is 2.26. The van der Waals surface area contributed by atoms with Crippen molar-refractivity contribution in [2.24, 2.45) is 0 Å². The van der Waals surface area contributed by atoms with Crippen LogP contribution in [0.1, 0.15) is 36.9 Å². The Bertz CT molecular complexity index is 706. The average Bonchev–Trinajstić information content (AvgIpc) is 3.01. The molecule has 0 bridgehead atoms. The molecule has 0 spiro atoms. The molecule has 1 N–H and O–H groups in total. The largest absolute Gasteiger partial charge is 0.301 e. The standard InChI is InChI=1S/C17H24N2O2S2/c1-13(2)14-5-7-16(8-6-14)23(20,21)18-11-17(19(3)4)15-9-10-22-12-15/h5-10,12-13,17-18H,11H2,1-4H3/t17-/m1/s1. The molecule has 23 heavy (non-hydrogen) atoms. The van der Waals surface area contributed by atoms with Crippen LogP contribution in [0, 0.1) is 0 Å². The van der Waals surface area contributed by atoms with E-state index in [4.69, 9.17) is 0 Å². The van der Waals surface area contributed by atoms with Crippen LogP contribution in [0.3, 0.4) is 0 Å². The second-order valence-electron chi connectivity index (χ2n) is 6.11. The van der Waals surface area contributed by atoms with E-state index in [2.05, 4.69) is 23.9 Å². The summed E-state index contributed by atoms with van der Waals surface area (Å²) in [7, 11) is 0.409. The van der Waals surface area contributed by atoms with Gasteiger partial charge < -0.3 is 4.90 Å². The van der Waals surface area contributed by atoms with E-state index < -0.39 is 10.0 Å². The summed E-state index contributed by atoms with van der Waals surface area (Å²) >= 11 is 1.62. The maximum absolute atomic E-state index is 12.5. The minimum atomic E-state index is -3.50. The third kappa shape index (κ3) is 4.64. The zero-order chi connectivity index (χ0) is 17.0. The number of rotatable bonds is 7. The first-order valence-corrected chi connectivity index (χ1v) is 10.0. The molecule has 6 heteroatoms. The quantitative estimate of drug-likeness (QED) is 0.830. The number of likely N-dealkylation sites (N-methyl/N-ethyl adjacent to an activating group) is 1. The van der Waals surface area contributed by atoms with Crippen molar-refractivity contribution >= 4 is 21.4 Å². The van der Waals surface area contributed by atoms with Crippen LogP contribution in [0.25, 0.3) is 0 Å². The smallest absolute Gasteiger partial charge is 0.240 e. The van der Waals surface area contributed by atoms with Gasteiger partial charge in [0.15, 0.2) is 0 Å². The average molecular weight is 353 g/mol. The van der Waals surface area contributed by atoms with Crippen LogP contribution in [0.4, 0.5) is 0 Å². The van der Waals surface area contributed by atoms with Crippen LogP contribution in [0.15, 0.2) is 46.0 Å². The summed E-state index contributed by atoms with van der Waals surface area (Å²) in [6, 6.07) is 9.15. The summed E-state index contributed by atoms with van der Waals surface area (Å²) < 4.78 is 27.7. The predicted octanol–water partition coefficient (Wildman–Crippen LogP) is 3.45. The van der Waals surface area contributed by atoms with Gasteiger partial charge >= 0.3 is 0 Å². The highest BCUT2D eigenvalue weighted by Gasteiger charge is 2.20. The van der Waals surface area contributed by atoms with Gasteiger partial charge in [0.1, 0.15) is 0 Å². The molecule has 0 fully saturated rings. The van der Waals surface area contributed by atoms with Crippen molar-refractivity contribution in [3.05, 3.63) is 52.2 Å². The lowest BCUT2D eigenvalue weighted by Gasteiger charge is -2.24. The molecule has 0 unspecified atom stereocenters. The third-order valence-corrected chi connectivity index (χ3v) is 6.02. The Morgan fingerprint density at radius 2 is 1.74 bits per heavy atom. The molecule has 1 atom stereocenters. The first kappa shape index (κ1) is 18.1. The number of hydrogen-bond donors (Lipinski definition) is 1. The first-order valence-electron chi connectivity index (χ1n) is 7.59. The van der Waals surface area contributed by atoms with E-state index in [1.807, 2.05) is 42.6 Å². The molecule has 0 saturated carbocycles. The van der Waals surface area contributed by atoms with E-state index in [-0.39, 0.29) is 6.04 Å². The van der Waals surface area contributed by atoms with Crippen molar-refractivity contribution in [1.82, 2.24) is 9.62 Å². The highest BCUT2D eigenvalue weighted by molar-refractivity contribution is 7.89. The molecule has 0 amide bonds. The van der Waals surface area contributed by atoms with E-state index in [1.165, 1.54) is 0 Å². The fourth-order valence-corrected chi connectivity index (χ4v) is 4.11. The second kappa shape index (κ2) is 7.57. The molecule has 0 aliphatic carbocycles. The van der Waals surface area contributed by atoms with Gasteiger partial charge in [0.2, 0.25) is 10.0 Å². The van der Waals surface area contributed by atoms with Crippen LogP contribution in [0.5, 0.6) is 0 Å². The molecule has 0 radical (unpaired) electrons. The first-order chi connectivity index (χ1) is 10.8. The van der Waals surface area contributed by atoms with E-state index in [1.54, 1.807) is 23.5 Å². The fraction of sp³-hybridized carbons (Fsp3) is 0.412. The maximum atomic E-state index is 12.5. The summed E-state index contributed by atoms with van der Waals surface area (Å²) in [4.78, 5) is 2.33. The molecular formula is C17H24N2O2S2. The Morgan fingerprint density at radius 3 is 2.22 bits per heavy atom. The van der Waals surface area contributed by atoms with Gasteiger partial charge in [0.25, 0.3) is 0 Å². The zero-order valence-corrected chi connectivity index (χ0v) is 15.6. The molecule has 4 nitrogen and oxygen atoms in total. The molecule has 126 valence electrons. The highest BCUT2D eigenvalue weighted by atomic mass is 32.2. The minimum Gasteiger partial charge on any atom is -0.301 e. The molecule has 0 aliphatic heterocycles. The van der Waals surface area contributed by atoms with Gasteiger partial charge in [-0.25, -0.2) is 13.1 Å². The van der Waals surface area contributed by atoms with Crippen molar-refractivity contribution in [3.63, 3.8) is 0 Å². The lowest BCUT2D eigenvalue weighted by Crippen LogP contribution is -2.34. The Morgan fingerprint density at radius 1 is 1.09 bits per heavy atom. The lowest BCUT2D eigenvalue weighted by molar-refractivity contribution is 0.300. The van der Waals surface area contributed by atoms with Gasteiger partial charge in [-0.15, -0.1) is 0 Å². The van der Waals surface area contributed by atoms with Gasteiger partial charge in [-0.1, -0.05) is 26.0 Å². The molecule has 1 aromatic heterocycles. The van der Waals surface area contributed by atoms with Gasteiger partial charge in [0.05, 0.1) is 4.90 Å². The van der Waals surface area contributed by atoms with Crippen LogP contribution in [-0.4, -0.2) is 34.0 Å². The normalized spacial score (nSPS) is 13.7.